The van der Waals surface area contributed by atoms with E-state index in [1.54, 1.807) is 6.92 Å². The molecule has 0 aromatic heterocycles. The molecule has 1 amide bonds. The van der Waals surface area contributed by atoms with Crippen LogP contribution in [0.15, 0.2) is 30.3 Å². The highest BCUT2D eigenvalue weighted by molar-refractivity contribution is 5.82. The van der Waals surface area contributed by atoms with E-state index in [4.69, 9.17) is 5.73 Å². The van der Waals surface area contributed by atoms with Crippen LogP contribution in [0.1, 0.15) is 32.8 Å². The van der Waals surface area contributed by atoms with Crippen molar-refractivity contribution >= 4 is 5.91 Å². The van der Waals surface area contributed by atoms with E-state index in [1.165, 1.54) is 0 Å². The van der Waals surface area contributed by atoms with Crippen molar-refractivity contribution in [1.29, 1.82) is 0 Å². The zero-order chi connectivity index (χ0) is 14.5. The molecule has 0 aliphatic heterocycles. The molecule has 0 radical (unpaired) electrons. The van der Waals surface area contributed by atoms with Crippen LogP contribution in [0.2, 0.25) is 0 Å². The van der Waals surface area contributed by atoms with Crippen molar-refractivity contribution in [1.82, 2.24) is 5.32 Å². The molecule has 2 unspecified atom stereocenters. The molecule has 1 aromatic carbocycles. The number of carbonyl (C=O) groups is 1. The summed E-state index contributed by atoms with van der Waals surface area (Å²) in [5.41, 5.74) is 5.98. The van der Waals surface area contributed by atoms with Gasteiger partial charge in [0.1, 0.15) is 0 Å². The lowest BCUT2D eigenvalue weighted by Crippen LogP contribution is -2.53. The van der Waals surface area contributed by atoms with E-state index >= 15 is 0 Å². The minimum absolute atomic E-state index is 0.110. The Labute approximate surface area is 115 Å². The number of benzene rings is 1. The molecule has 0 saturated heterocycles. The van der Waals surface area contributed by atoms with Crippen LogP contribution in [0.25, 0.3) is 0 Å². The largest absolute Gasteiger partial charge is 0.394 e. The number of hydrogen-bond acceptors (Lipinski definition) is 3. The monoisotopic (exact) mass is 264 g/mol. The second-order valence-corrected chi connectivity index (χ2v) is 5.26. The normalized spacial score (nSPS) is 17.3. The lowest BCUT2D eigenvalue weighted by atomic mass is 9.91. The number of amides is 1. The van der Waals surface area contributed by atoms with Gasteiger partial charge in [-0.2, -0.15) is 0 Å². The number of nitrogens with one attached hydrogen (secondary N) is 1. The van der Waals surface area contributed by atoms with Gasteiger partial charge in [-0.05, 0) is 18.4 Å². The summed E-state index contributed by atoms with van der Waals surface area (Å²) in [6.45, 7) is 5.57. The maximum atomic E-state index is 12.1. The highest BCUT2D eigenvalue weighted by atomic mass is 16.3. The number of rotatable bonds is 6. The van der Waals surface area contributed by atoms with Crippen LogP contribution in [0.5, 0.6) is 0 Å². The lowest BCUT2D eigenvalue weighted by Gasteiger charge is -2.31. The van der Waals surface area contributed by atoms with Crippen molar-refractivity contribution in [3.05, 3.63) is 35.9 Å². The number of hydrogen-bond donors (Lipinski definition) is 3. The molecule has 4 heteroatoms. The summed E-state index contributed by atoms with van der Waals surface area (Å²) in [6.07, 6.45) is 0.843. The standard InChI is InChI=1S/C15H24N2O2/c1-4-11(2)13(16)14(19)17-15(3,10-18)12-8-6-5-7-9-12/h5-9,11,13,18H,4,10,16H2,1-3H3,(H,17,19)/t11?,13-,15?/m0/s1. The SMILES string of the molecule is CCC(C)[C@H](N)C(=O)NC(C)(CO)c1ccccc1. The third kappa shape index (κ3) is 3.78. The molecule has 0 heterocycles. The summed E-state index contributed by atoms with van der Waals surface area (Å²) in [7, 11) is 0. The van der Waals surface area contributed by atoms with E-state index in [1.807, 2.05) is 44.2 Å². The average Bonchev–Trinajstić information content (AvgIpc) is 2.46. The van der Waals surface area contributed by atoms with Crippen LogP contribution < -0.4 is 11.1 Å². The first-order valence-electron chi connectivity index (χ1n) is 6.68. The van der Waals surface area contributed by atoms with Crippen LogP contribution in [-0.2, 0) is 10.3 Å². The van der Waals surface area contributed by atoms with E-state index in [0.29, 0.717) is 0 Å². The Morgan fingerprint density at radius 3 is 2.47 bits per heavy atom. The van der Waals surface area contributed by atoms with Crippen LogP contribution in [0.3, 0.4) is 0 Å². The van der Waals surface area contributed by atoms with E-state index in [2.05, 4.69) is 5.32 Å². The molecule has 4 N–H and O–H groups in total. The molecular weight excluding hydrogens is 240 g/mol. The molecule has 0 saturated carbocycles. The molecule has 0 aliphatic rings. The van der Waals surface area contributed by atoms with E-state index < -0.39 is 11.6 Å². The maximum absolute atomic E-state index is 12.1. The van der Waals surface area contributed by atoms with Crippen LogP contribution in [0.4, 0.5) is 0 Å². The fourth-order valence-corrected chi connectivity index (χ4v) is 1.88. The molecule has 0 aliphatic carbocycles. The molecule has 0 bridgehead atoms. The average molecular weight is 264 g/mol. The number of aliphatic hydroxyl groups is 1. The first kappa shape index (κ1) is 15.7. The Balaban J connectivity index is 2.85. The predicted molar refractivity (Wildman–Crippen MR) is 76.5 cm³/mol. The summed E-state index contributed by atoms with van der Waals surface area (Å²) in [4.78, 5) is 12.1. The number of nitrogens with two attached hydrogens (primary N) is 1. The number of carbonyl (C=O) groups excluding carboxylic acids is 1. The van der Waals surface area contributed by atoms with Gasteiger partial charge in [-0.3, -0.25) is 4.79 Å². The summed E-state index contributed by atoms with van der Waals surface area (Å²) < 4.78 is 0. The zero-order valence-corrected chi connectivity index (χ0v) is 11.9. The van der Waals surface area contributed by atoms with Crippen LogP contribution in [0, 0.1) is 5.92 Å². The van der Waals surface area contributed by atoms with Crippen molar-refractivity contribution in [3.63, 3.8) is 0 Å². The van der Waals surface area contributed by atoms with Crippen molar-refractivity contribution in [2.45, 2.75) is 38.8 Å². The quantitative estimate of drug-likeness (QED) is 0.726. The van der Waals surface area contributed by atoms with E-state index in [-0.39, 0.29) is 18.4 Å². The highest BCUT2D eigenvalue weighted by Gasteiger charge is 2.30. The van der Waals surface area contributed by atoms with Crippen LogP contribution >= 0.6 is 0 Å². The van der Waals surface area contributed by atoms with Gasteiger partial charge in [0, 0.05) is 0 Å². The minimum atomic E-state index is -0.802. The molecule has 1 rings (SSSR count). The smallest absolute Gasteiger partial charge is 0.237 e. The molecular formula is C15H24N2O2. The zero-order valence-electron chi connectivity index (χ0n) is 11.9. The fourth-order valence-electron chi connectivity index (χ4n) is 1.88. The Kier molecular flexibility index (Phi) is 5.51. The van der Waals surface area contributed by atoms with Gasteiger partial charge in [0.2, 0.25) is 5.91 Å². The van der Waals surface area contributed by atoms with Gasteiger partial charge in [0.25, 0.3) is 0 Å². The predicted octanol–water partition coefficient (Wildman–Crippen LogP) is 1.38. The Morgan fingerprint density at radius 1 is 1.42 bits per heavy atom. The molecule has 0 fully saturated rings. The summed E-state index contributed by atoms with van der Waals surface area (Å²) in [5.74, 6) is -0.117. The van der Waals surface area contributed by atoms with Gasteiger partial charge >= 0.3 is 0 Å². The van der Waals surface area contributed by atoms with Gasteiger partial charge in [-0.15, -0.1) is 0 Å². The second-order valence-electron chi connectivity index (χ2n) is 5.26. The Hall–Kier alpha value is -1.39. The van der Waals surface area contributed by atoms with E-state index in [9.17, 15) is 9.90 Å². The van der Waals surface area contributed by atoms with Gasteiger partial charge in [-0.1, -0.05) is 50.6 Å². The maximum Gasteiger partial charge on any atom is 0.237 e. The minimum Gasteiger partial charge on any atom is -0.394 e. The molecule has 19 heavy (non-hydrogen) atoms. The topological polar surface area (TPSA) is 75.4 Å². The third-order valence-corrected chi connectivity index (χ3v) is 3.69. The van der Waals surface area contributed by atoms with E-state index in [0.717, 1.165) is 12.0 Å². The highest BCUT2D eigenvalue weighted by Crippen LogP contribution is 2.20. The van der Waals surface area contributed by atoms with Gasteiger partial charge in [0.15, 0.2) is 0 Å². The van der Waals surface area contributed by atoms with Gasteiger partial charge in [-0.25, -0.2) is 0 Å². The third-order valence-electron chi connectivity index (χ3n) is 3.69. The van der Waals surface area contributed by atoms with Crippen molar-refractivity contribution in [2.75, 3.05) is 6.61 Å². The molecule has 106 valence electrons. The lowest BCUT2D eigenvalue weighted by molar-refractivity contribution is -0.125. The van der Waals surface area contributed by atoms with Crippen molar-refractivity contribution in [3.8, 4) is 0 Å². The molecule has 0 spiro atoms. The first-order chi connectivity index (χ1) is 8.94. The first-order valence-corrected chi connectivity index (χ1v) is 6.68. The summed E-state index contributed by atoms with van der Waals surface area (Å²) in [6, 6.07) is 8.86. The fraction of sp³-hybridized carbons (Fsp3) is 0.533. The number of aliphatic hydroxyl groups excluding tert-OH is 1. The summed E-state index contributed by atoms with van der Waals surface area (Å²) in [5, 5.41) is 12.5. The van der Waals surface area contributed by atoms with Crippen molar-refractivity contribution < 1.29 is 9.90 Å². The molecule has 1 aromatic rings. The van der Waals surface area contributed by atoms with Crippen molar-refractivity contribution in [2.24, 2.45) is 11.7 Å². The molecule has 4 nitrogen and oxygen atoms in total. The van der Waals surface area contributed by atoms with Crippen LogP contribution in [-0.4, -0.2) is 23.7 Å². The summed E-state index contributed by atoms with van der Waals surface area (Å²) >= 11 is 0. The Morgan fingerprint density at radius 2 is 2.00 bits per heavy atom. The second kappa shape index (κ2) is 6.68. The van der Waals surface area contributed by atoms with Gasteiger partial charge < -0.3 is 16.2 Å². The molecule has 3 atom stereocenters. The Bertz CT molecular complexity index is 408. The van der Waals surface area contributed by atoms with Gasteiger partial charge in [0.05, 0.1) is 18.2 Å².